The second-order valence-electron chi connectivity index (χ2n) is 4.70. The summed E-state index contributed by atoms with van der Waals surface area (Å²) in [5.74, 6) is -0.301. The molecule has 4 nitrogen and oxygen atoms in total. The number of aliphatic hydroxyl groups is 2. The van der Waals surface area contributed by atoms with Crippen molar-refractivity contribution < 1.29 is 15.0 Å². The summed E-state index contributed by atoms with van der Waals surface area (Å²) in [5.41, 5.74) is 0.553. The van der Waals surface area contributed by atoms with Crippen LogP contribution in [0.4, 0.5) is 0 Å². The number of amides is 1. The van der Waals surface area contributed by atoms with Crippen molar-refractivity contribution in [3.05, 3.63) is 35.9 Å². The summed E-state index contributed by atoms with van der Waals surface area (Å²) in [5, 5.41) is 22.4. The van der Waals surface area contributed by atoms with Crippen LogP contribution in [0.3, 0.4) is 0 Å². The molecule has 19 heavy (non-hydrogen) atoms. The zero-order valence-corrected chi connectivity index (χ0v) is 11.5. The Kier molecular flexibility index (Phi) is 6.53. The predicted octanol–water partition coefficient (Wildman–Crippen LogP) is 1.63. The first-order chi connectivity index (χ1) is 9.10. The minimum Gasteiger partial charge on any atom is -0.391 e. The van der Waals surface area contributed by atoms with Gasteiger partial charge in [-0.2, -0.15) is 0 Å². The number of carbonyl (C=O) groups excluding carboxylic acids is 1. The average Bonchev–Trinajstić information content (AvgIpc) is 2.46. The maximum absolute atomic E-state index is 11.8. The first-order valence-corrected chi connectivity index (χ1v) is 6.78. The van der Waals surface area contributed by atoms with E-state index >= 15 is 0 Å². The molecule has 0 aromatic heterocycles. The van der Waals surface area contributed by atoms with Crippen LogP contribution in [0.5, 0.6) is 0 Å². The van der Waals surface area contributed by atoms with E-state index in [9.17, 15) is 15.0 Å². The molecule has 0 aliphatic rings. The van der Waals surface area contributed by atoms with E-state index in [1.54, 1.807) is 24.3 Å². The third-order valence-electron chi connectivity index (χ3n) is 3.44. The minimum absolute atomic E-state index is 0.175. The van der Waals surface area contributed by atoms with Gasteiger partial charge in [-0.15, -0.1) is 0 Å². The second-order valence-corrected chi connectivity index (χ2v) is 4.70. The SMILES string of the molecule is CCC(CC)[C@H](O)CNC(=O)[C@H](O)c1ccccc1. The molecule has 2 atom stereocenters. The number of benzene rings is 1. The van der Waals surface area contributed by atoms with Crippen LogP contribution in [0.25, 0.3) is 0 Å². The second kappa shape index (κ2) is 7.92. The molecule has 0 fully saturated rings. The van der Waals surface area contributed by atoms with Gasteiger partial charge in [0.2, 0.25) is 0 Å². The topological polar surface area (TPSA) is 69.6 Å². The molecule has 0 saturated carbocycles. The molecule has 0 unspecified atom stereocenters. The van der Waals surface area contributed by atoms with Crippen molar-refractivity contribution in [1.29, 1.82) is 0 Å². The number of nitrogens with one attached hydrogen (secondary N) is 1. The molecule has 0 aliphatic carbocycles. The van der Waals surface area contributed by atoms with Crippen LogP contribution in [0.1, 0.15) is 38.4 Å². The Labute approximate surface area is 114 Å². The first kappa shape index (κ1) is 15.7. The highest BCUT2D eigenvalue weighted by atomic mass is 16.3. The molecule has 1 rings (SSSR count). The van der Waals surface area contributed by atoms with Gasteiger partial charge >= 0.3 is 0 Å². The van der Waals surface area contributed by atoms with E-state index in [4.69, 9.17) is 0 Å². The van der Waals surface area contributed by atoms with Crippen LogP contribution >= 0.6 is 0 Å². The quantitative estimate of drug-likeness (QED) is 0.702. The zero-order chi connectivity index (χ0) is 14.3. The lowest BCUT2D eigenvalue weighted by atomic mass is 9.96. The molecule has 1 aromatic rings. The van der Waals surface area contributed by atoms with Gasteiger partial charge in [-0.3, -0.25) is 4.79 Å². The molecule has 1 aromatic carbocycles. The van der Waals surface area contributed by atoms with Crippen molar-refractivity contribution in [1.82, 2.24) is 5.32 Å². The van der Waals surface area contributed by atoms with Crippen LogP contribution < -0.4 is 5.32 Å². The molecule has 106 valence electrons. The Balaban J connectivity index is 2.47. The maximum atomic E-state index is 11.8. The Morgan fingerprint density at radius 3 is 2.26 bits per heavy atom. The van der Waals surface area contributed by atoms with Crippen LogP contribution in [0, 0.1) is 5.92 Å². The van der Waals surface area contributed by atoms with Gasteiger partial charge in [0.1, 0.15) is 0 Å². The lowest BCUT2D eigenvalue weighted by molar-refractivity contribution is -0.130. The fraction of sp³-hybridized carbons (Fsp3) is 0.533. The number of carbonyl (C=O) groups is 1. The van der Waals surface area contributed by atoms with Gasteiger partial charge in [-0.1, -0.05) is 57.0 Å². The van der Waals surface area contributed by atoms with Gasteiger partial charge in [0.15, 0.2) is 6.10 Å². The van der Waals surface area contributed by atoms with Crippen molar-refractivity contribution in [3.63, 3.8) is 0 Å². The minimum atomic E-state index is -1.19. The molecule has 4 heteroatoms. The third-order valence-corrected chi connectivity index (χ3v) is 3.44. The summed E-state index contributed by atoms with van der Waals surface area (Å²) in [6.45, 7) is 4.20. The van der Waals surface area contributed by atoms with Gasteiger partial charge in [-0.05, 0) is 11.5 Å². The van der Waals surface area contributed by atoms with E-state index in [2.05, 4.69) is 5.32 Å². The summed E-state index contributed by atoms with van der Waals surface area (Å²) >= 11 is 0. The van der Waals surface area contributed by atoms with Gasteiger partial charge in [0.05, 0.1) is 6.10 Å². The lowest BCUT2D eigenvalue weighted by Crippen LogP contribution is -2.38. The van der Waals surface area contributed by atoms with Crippen molar-refractivity contribution >= 4 is 5.91 Å². The fourth-order valence-electron chi connectivity index (χ4n) is 2.09. The van der Waals surface area contributed by atoms with E-state index in [1.807, 2.05) is 19.9 Å². The average molecular weight is 265 g/mol. The highest BCUT2D eigenvalue weighted by molar-refractivity contribution is 5.81. The summed E-state index contributed by atoms with van der Waals surface area (Å²) in [4.78, 5) is 11.8. The third kappa shape index (κ3) is 4.65. The molecule has 0 radical (unpaired) electrons. The molecule has 0 bridgehead atoms. The molecule has 1 amide bonds. The van der Waals surface area contributed by atoms with Crippen molar-refractivity contribution in [3.8, 4) is 0 Å². The lowest BCUT2D eigenvalue weighted by Gasteiger charge is -2.21. The number of hydrogen-bond donors (Lipinski definition) is 3. The van der Waals surface area contributed by atoms with Crippen molar-refractivity contribution in [2.75, 3.05) is 6.54 Å². The van der Waals surface area contributed by atoms with Crippen molar-refractivity contribution in [2.45, 2.75) is 38.9 Å². The number of rotatable bonds is 7. The molecule has 0 heterocycles. The molecule has 0 spiro atoms. The van der Waals surface area contributed by atoms with Crippen LogP contribution in [-0.4, -0.2) is 28.8 Å². The predicted molar refractivity (Wildman–Crippen MR) is 74.5 cm³/mol. The Hall–Kier alpha value is -1.39. The Morgan fingerprint density at radius 2 is 1.74 bits per heavy atom. The van der Waals surface area contributed by atoms with Gasteiger partial charge in [-0.25, -0.2) is 0 Å². The van der Waals surface area contributed by atoms with Crippen LogP contribution in [0.2, 0.25) is 0 Å². The van der Waals surface area contributed by atoms with Crippen molar-refractivity contribution in [2.24, 2.45) is 5.92 Å². The number of hydrogen-bond acceptors (Lipinski definition) is 3. The first-order valence-electron chi connectivity index (χ1n) is 6.78. The fourth-order valence-corrected chi connectivity index (χ4v) is 2.09. The van der Waals surface area contributed by atoms with E-state index in [1.165, 1.54) is 0 Å². The van der Waals surface area contributed by atoms with E-state index in [0.29, 0.717) is 5.56 Å². The van der Waals surface area contributed by atoms with Gasteiger partial charge in [0, 0.05) is 6.54 Å². The van der Waals surface area contributed by atoms with E-state index < -0.39 is 18.1 Å². The molecular weight excluding hydrogens is 242 g/mol. The van der Waals surface area contributed by atoms with Crippen LogP contribution in [-0.2, 0) is 4.79 Å². The van der Waals surface area contributed by atoms with Crippen LogP contribution in [0.15, 0.2) is 30.3 Å². The molecule has 3 N–H and O–H groups in total. The normalized spacial score (nSPS) is 14.2. The summed E-state index contributed by atoms with van der Waals surface area (Å²) in [6, 6.07) is 8.75. The Bertz CT molecular complexity index is 376. The van der Waals surface area contributed by atoms with Gasteiger partial charge in [0.25, 0.3) is 5.91 Å². The molecule has 0 saturated heterocycles. The number of aliphatic hydroxyl groups excluding tert-OH is 2. The Morgan fingerprint density at radius 1 is 1.16 bits per heavy atom. The molecular formula is C15H23NO3. The standard InChI is InChI=1S/C15H23NO3/c1-3-11(4-2)13(17)10-16-15(19)14(18)12-8-6-5-7-9-12/h5-9,11,13-14,17-18H,3-4,10H2,1-2H3,(H,16,19)/t13-,14-/m1/s1. The summed E-state index contributed by atoms with van der Waals surface area (Å²) < 4.78 is 0. The van der Waals surface area contributed by atoms with E-state index in [0.717, 1.165) is 12.8 Å². The smallest absolute Gasteiger partial charge is 0.253 e. The largest absolute Gasteiger partial charge is 0.391 e. The van der Waals surface area contributed by atoms with E-state index in [-0.39, 0.29) is 12.5 Å². The zero-order valence-electron chi connectivity index (χ0n) is 11.5. The maximum Gasteiger partial charge on any atom is 0.253 e. The highest BCUT2D eigenvalue weighted by Gasteiger charge is 2.20. The summed E-state index contributed by atoms with van der Waals surface area (Å²) in [6.07, 6.45) is -0.0131. The summed E-state index contributed by atoms with van der Waals surface area (Å²) in [7, 11) is 0. The molecule has 0 aliphatic heterocycles. The monoisotopic (exact) mass is 265 g/mol. The van der Waals surface area contributed by atoms with Gasteiger partial charge < -0.3 is 15.5 Å². The highest BCUT2D eigenvalue weighted by Crippen LogP contribution is 2.14.